The van der Waals surface area contributed by atoms with Gasteiger partial charge in [0.2, 0.25) is 0 Å². The molecule has 2 rings (SSSR count). The molecule has 0 aromatic heterocycles. The van der Waals surface area contributed by atoms with E-state index in [1.54, 1.807) is 30.3 Å². The minimum atomic E-state index is -1.81. The van der Waals surface area contributed by atoms with E-state index in [1.807, 2.05) is 0 Å². The number of carbonyl (C=O) groups is 1. The van der Waals surface area contributed by atoms with Crippen LogP contribution in [0, 0.1) is 23.3 Å². The van der Waals surface area contributed by atoms with Crippen molar-refractivity contribution in [2.24, 2.45) is 0 Å². The standard InChI is InChI=1S/C14H7BrF4O2/c15-9-12(18)10(16)8(11(17)13(9)19)14(20)21-6-7-4-2-1-3-5-7/h1-5H,6H2. The predicted molar refractivity (Wildman–Crippen MR) is 69.5 cm³/mol. The second-order valence-electron chi connectivity index (χ2n) is 4.01. The van der Waals surface area contributed by atoms with Crippen molar-refractivity contribution < 1.29 is 27.1 Å². The highest BCUT2D eigenvalue weighted by Crippen LogP contribution is 2.28. The number of hydrogen-bond donors (Lipinski definition) is 0. The van der Waals surface area contributed by atoms with Crippen molar-refractivity contribution in [3.05, 3.63) is 69.2 Å². The van der Waals surface area contributed by atoms with Gasteiger partial charge in [-0.15, -0.1) is 0 Å². The maximum atomic E-state index is 13.6. The molecule has 2 aromatic carbocycles. The van der Waals surface area contributed by atoms with Crippen LogP contribution >= 0.6 is 15.9 Å². The van der Waals surface area contributed by atoms with Crippen LogP contribution in [0.2, 0.25) is 0 Å². The molecule has 0 N–H and O–H groups in total. The average Bonchev–Trinajstić information content (AvgIpc) is 2.50. The Hall–Kier alpha value is -1.89. The molecule has 0 heterocycles. The van der Waals surface area contributed by atoms with Crippen molar-refractivity contribution in [1.29, 1.82) is 0 Å². The molecule has 0 spiro atoms. The molecule has 0 fully saturated rings. The van der Waals surface area contributed by atoms with Crippen LogP contribution < -0.4 is 0 Å². The van der Waals surface area contributed by atoms with E-state index in [0.717, 1.165) is 0 Å². The second-order valence-corrected chi connectivity index (χ2v) is 4.80. The summed E-state index contributed by atoms with van der Waals surface area (Å²) in [6.45, 7) is -0.280. The molecule has 0 bridgehead atoms. The van der Waals surface area contributed by atoms with Gasteiger partial charge in [-0.2, -0.15) is 0 Å². The van der Waals surface area contributed by atoms with E-state index in [0.29, 0.717) is 5.56 Å². The van der Waals surface area contributed by atoms with Crippen molar-refractivity contribution in [1.82, 2.24) is 0 Å². The maximum Gasteiger partial charge on any atom is 0.344 e. The van der Waals surface area contributed by atoms with Gasteiger partial charge in [0.25, 0.3) is 0 Å². The number of rotatable bonds is 3. The van der Waals surface area contributed by atoms with Crippen LogP contribution in [-0.4, -0.2) is 5.97 Å². The highest BCUT2D eigenvalue weighted by atomic mass is 79.9. The van der Waals surface area contributed by atoms with E-state index >= 15 is 0 Å². The predicted octanol–water partition coefficient (Wildman–Crippen LogP) is 4.36. The molecule has 7 heteroatoms. The maximum absolute atomic E-state index is 13.6. The van der Waals surface area contributed by atoms with E-state index in [9.17, 15) is 22.4 Å². The van der Waals surface area contributed by atoms with Crippen LogP contribution in [0.4, 0.5) is 17.6 Å². The summed E-state index contributed by atoms with van der Waals surface area (Å²) in [6, 6.07) is 8.29. The summed E-state index contributed by atoms with van der Waals surface area (Å²) >= 11 is 2.36. The van der Waals surface area contributed by atoms with Gasteiger partial charge >= 0.3 is 5.97 Å². The minimum absolute atomic E-state index is 0.280. The van der Waals surface area contributed by atoms with Crippen LogP contribution in [0.5, 0.6) is 0 Å². The summed E-state index contributed by atoms with van der Waals surface area (Å²) in [5, 5.41) is 0. The first-order valence-corrected chi connectivity index (χ1v) is 6.45. The Bertz CT molecular complexity index is 660. The van der Waals surface area contributed by atoms with Crippen molar-refractivity contribution >= 4 is 21.9 Å². The van der Waals surface area contributed by atoms with Crippen molar-refractivity contribution in [2.45, 2.75) is 6.61 Å². The molecule has 0 aliphatic heterocycles. The third-order valence-corrected chi connectivity index (χ3v) is 3.32. The Balaban J connectivity index is 2.28. The lowest BCUT2D eigenvalue weighted by Crippen LogP contribution is -2.14. The number of hydrogen-bond acceptors (Lipinski definition) is 2. The van der Waals surface area contributed by atoms with Crippen LogP contribution in [0.25, 0.3) is 0 Å². The third-order valence-electron chi connectivity index (χ3n) is 2.63. The van der Waals surface area contributed by atoms with Crippen molar-refractivity contribution in [3.63, 3.8) is 0 Å². The highest BCUT2D eigenvalue weighted by Gasteiger charge is 2.29. The SMILES string of the molecule is O=C(OCc1ccccc1)c1c(F)c(F)c(Br)c(F)c1F. The van der Waals surface area contributed by atoms with E-state index in [4.69, 9.17) is 0 Å². The highest BCUT2D eigenvalue weighted by molar-refractivity contribution is 9.10. The quantitative estimate of drug-likeness (QED) is 0.351. The molecule has 0 radical (unpaired) electrons. The van der Waals surface area contributed by atoms with Gasteiger partial charge in [-0.25, -0.2) is 22.4 Å². The van der Waals surface area contributed by atoms with E-state index < -0.39 is 39.3 Å². The van der Waals surface area contributed by atoms with E-state index in [1.165, 1.54) is 0 Å². The Morgan fingerprint density at radius 2 is 1.48 bits per heavy atom. The van der Waals surface area contributed by atoms with Crippen LogP contribution in [-0.2, 0) is 11.3 Å². The van der Waals surface area contributed by atoms with Gasteiger partial charge in [0, 0.05) is 0 Å². The fourth-order valence-corrected chi connectivity index (χ4v) is 1.93. The summed E-state index contributed by atoms with van der Waals surface area (Å²) in [6.07, 6.45) is 0. The molecule has 0 saturated carbocycles. The summed E-state index contributed by atoms with van der Waals surface area (Å²) in [4.78, 5) is 11.6. The molecule has 0 aliphatic carbocycles. The first kappa shape index (κ1) is 15.5. The molecule has 0 atom stereocenters. The van der Waals surface area contributed by atoms with Gasteiger partial charge in [-0.1, -0.05) is 30.3 Å². The number of carbonyl (C=O) groups excluding carboxylic acids is 1. The Labute approximate surface area is 125 Å². The van der Waals surface area contributed by atoms with Gasteiger partial charge in [0.15, 0.2) is 23.3 Å². The lowest BCUT2D eigenvalue weighted by atomic mass is 10.2. The molecule has 21 heavy (non-hydrogen) atoms. The first-order valence-electron chi connectivity index (χ1n) is 5.66. The lowest BCUT2D eigenvalue weighted by molar-refractivity contribution is 0.0458. The Kier molecular flexibility index (Phi) is 4.62. The summed E-state index contributed by atoms with van der Waals surface area (Å²) in [7, 11) is 0. The smallest absolute Gasteiger partial charge is 0.344 e. The van der Waals surface area contributed by atoms with Crippen LogP contribution in [0.1, 0.15) is 15.9 Å². The number of benzene rings is 2. The van der Waals surface area contributed by atoms with Gasteiger partial charge < -0.3 is 4.74 Å². The fourth-order valence-electron chi connectivity index (χ4n) is 1.58. The molecular formula is C14H7BrF4O2. The zero-order valence-corrected chi connectivity index (χ0v) is 11.9. The molecule has 0 unspecified atom stereocenters. The van der Waals surface area contributed by atoms with Crippen LogP contribution in [0.15, 0.2) is 34.8 Å². The zero-order chi connectivity index (χ0) is 15.6. The molecule has 110 valence electrons. The topological polar surface area (TPSA) is 26.3 Å². The monoisotopic (exact) mass is 362 g/mol. The van der Waals surface area contributed by atoms with E-state index in [-0.39, 0.29) is 6.61 Å². The van der Waals surface area contributed by atoms with Gasteiger partial charge in [0.1, 0.15) is 12.2 Å². The second kappa shape index (κ2) is 6.26. The zero-order valence-electron chi connectivity index (χ0n) is 10.3. The minimum Gasteiger partial charge on any atom is -0.457 e. The molecule has 0 aliphatic rings. The normalized spacial score (nSPS) is 10.5. The summed E-state index contributed by atoms with van der Waals surface area (Å²) in [5.41, 5.74) is -0.839. The van der Waals surface area contributed by atoms with E-state index in [2.05, 4.69) is 20.7 Å². The Morgan fingerprint density at radius 1 is 0.952 bits per heavy atom. The number of esters is 1. The fraction of sp³-hybridized carbons (Fsp3) is 0.0714. The molecule has 2 aromatic rings. The molecule has 0 saturated heterocycles. The molecular weight excluding hydrogens is 356 g/mol. The summed E-state index contributed by atoms with van der Waals surface area (Å²) in [5.74, 6) is -8.49. The van der Waals surface area contributed by atoms with Gasteiger partial charge in [-0.3, -0.25) is 0 Å². The summed E-state index contributed by atoms with van der Waals surface area (Å²) < 4.78 is 57.4. The van der Waals surface area contributed by atoms with Crippen molar-refractivity contribution in [3.8, 4) is 0 Å². The largest absolute Gasteiger partial charge is 0.457 e. The Morgan fingerprint density at radius 3 is 2.00 bits per heavy atom. The third kappa shape index (κ3) is 3.07. The van der Waals surface area contributed by atoms with Gasteiger partial charge in [-0.05, 0) is 21.5 Å². The molecule has 2 nitrogen and oxygen atoms in total. The average molecular weight is 363 g/mol. The molecule has 0 amide bonds. The number of ether oxygens (including phenoxy) is 1. The number of halogens is 5. The lowest BCUT2D eigenvalue weighted by Gasteiger charge is -2.09. The first-order chi connectivity index (χ1) is 9.93. The van der Waals surface area contributed by atoms with Gasteiger partial charge in [0.05, 0.1) is 4.47 Å². The van der Waals surface area contributed by atoms with Crippen LogP contribution in [0.3, 0.4) is 0 Å². The van der Waals surface area contributed by atoms with Crippen molar-refractivity contribution in [2.75, 3.05) is 0 Å².